The molecule has 0 saturated heterocycles. The van der Waals surface area contributed by atoms with Crippen LogP contribution in [0.1, 0.15) is 30.6 Å². The SMILES string of the molecule is COC(=O)c1cccc(Nc2cnnc(NCCC(C)C)n2)c1. The van der Waals surface area contributed by atoms with Crippen molar-refractivity contribution in [2.45, 2.75) is 20.3 Å². The lowest BCUT2D eigenvalue weighted by molar-refractivity contribution is 0.0601. The largest absolute Gasteiger partial charge is 0.465 e. The minimum absolute atomic E-state index is 0.384. The lowest BCUT2D eigenvalue weighted by Crippen LogP contribution is -2.09. The highest BCUT2D eigenvalue weighted by Gasteiger charge is 2.07. The second-order valence-electron chi connectivity index (χ2n) is 5.47. The van der Waals surface area contributed by atoms with Crippen LogP contribution < -0.4 is 10.6 Å². The molecular formula is C16H21N5O2. The van der Waals surface area contributed by atoms with Crippen molar-refractivity contribution >= 4 is 23.4 Å². The average Bonchev–Trinajstić information content (AvgIpc) is 2.54. The van der Waals surface area contributed by atoms with E-state index >= 15 is 0 Å². The van der Waals surface area contributed by atoms with E-state index in [1.54, 1.807) is 18.2 Å². The molecule has 0 aliphatic heterocycles. The Hall–Kier alpha value is -2.70. The van der Waals surface area contributed by atoms with E-state index in [-0.39, 0.29) is 5.97 Å². The molecule has 23 heavy (non-hydrogen) atoms. The normalized spacial score (nSPS) is 10.4. The van der Waals surface area contributed by atoms with Crippen LogP contribution in [0.15, 0.2) is 30.5 Å². The Labute approximate surface area is 135 Å². The topological polar surface area (TPSA) is 89.0 Å². The fraction of sp³-hybridized carbons (Fsp3) is 0.375. The van der Waals surface area contributed by atoms with Crippen molar-refractivity contribution in [3.05, 3.63) is 36.0 Å². The van der Waals surface area contributed by atoms with Crippen molar-refractivity contribution in [2.75, 3.05) is 24.3 Å². The molecule has 0 bridgehead atoms. The van der Waals surface area contributed by atoms with Crippen LogP contribution in [0.25, 0.3) is 0 Å². The van der Waals surface area contributed by atoms with Gasteiger partial charge in [-0.3, -0.25) is 0 Å². The summed E-state index contributed by atoms with van der Waals surface area (Å²) < 4.78 is 4.71. The zero-order valence-corrected chi connectivity index (χ0v) is 13.5. The fourth-order valence-corrected chi connectivity index (χ4v) is 1.90. The quantitative estimate of drug-likeness (QED) is 0.759. The molecule has 2 rings (SSSR count). The Morgan fingerprint density at radius 1 is 1.35 bits per heavy atom. The van der Waals surface area contributed by atoms with Crippen LogP contribution in [-0.2, 0) is 4.74 Å². The second kappa shape index (κ2) is 8.07. The highest BCUT2D eigenvalue weighted by atomic mass is 16.5. The molecule has 0 unspecified atom stereocenters. The molecule has 0 atom stereocenters. The third-order valence-electron chi connectivity index (χ3n) is 3.12. The maximum atomic E-state index is 11.5. The van der Waals surface area contributed by atoms with Crippen molar-refractivity contribution in [3.63, 3.8) is 0 Å². The van der Waals surface area contributed by atoms with Gasteiger partial charge in [0.25, 0.3) is 0 Å². The number of anilines is 3. The fourth-order valence-electron chi connectivity index (χ4n) is 1.90. The molecule has 1 heterocycles. The molecule has 7 heteroatoms. The van der Waals surface area contributed by atoms with E-state index in [4.69, 9.17) is 4.74 Å². The molecule has 0 amide bonds. The van der Waals surface area contributed by atoms with E-state index in [1.807, 2.05) is 6.07 Å². The first-order valence-corrected chi connectivity index (χ1v) is 7.47. The standard InChI is InChI=1S/C16H21N5O2/c1-11(2)7-8-17-16-20-14(10-18-21-16)19-13-6-4-5-12(9-13)15(22)23-3/h4-6,9-11H,7-8H2,1-3H3,(H2,17,19,20,21). The molecule has 2 N–H and O–H groups in total. The van der Waals surface area contributed by atoms with Crippen LogP contribution in [0.3, 0.4) is 0 Å². The van der Waals surface area contributed by atoms with E-state index < -0.39 is 0 Å². The number of carbonyl (C=O) groups excluding carboxylic acids is 1. The monoisotopic (exact) mass is 315 g/mol. The van der Waals surface area contributed by atoms with Gasteiger partial charge in [-0.1, -0.05) is 19.9 Å². The van der Waals surface area contributed by atoms with Crippen LogP contribution in [0.5, 0.6) is 0 Å². The first-order chi connectivity index (χ1) is 11.1. The van der Waals surface area contributed by atoms with Crippen molar-refractivity contribution in [3.8, 4) is 0 Å². The highest BCUT2D eigenvalue weighted by Crippen LogP contribution is 2.16. The van der Waals surface area contributed by atoms with Gasteiger partial charge in [0.2, 0.25) is 5.95 Å². The maximum Gasteiger partial charge on any atom is 0.337 e. The van der Waals surface area contributed by atoms with Crippen LogP contribution in [-0.4, -0.2) is 34.8 Å². The Bertz CT molecular complexity index is 660. The van der Waals surface area contributed by atoms with E-state index in [2.05, 4.69) is 39.7 Å². The minimum Gasteiger partial charge on any atom is -0.465 e. The van der Waals surface area contributed by atoms with Gasteiger partial charge in [-0.05, 0) is 30.5 Å². The van der Waals surface area contributed by atoms with Crippen molar-refractivity contribution in [2.24, 2.45) is 5.92 Å². The van der Waals surface area contributed by atoms with Crippen LogP contribution in [0.4, 0.5) is 17.5 Å². The summed E-state index contributed by atoms with van der Waals surface area (Å²) in [5.74, 6) is 1.25. The first kappa shape index (κ1) is 16.7. The summed E-state index contributed by atoms with van der Waals surface area (Å²) >= 11 is 0. The molecule has 0 radical (unpaired) electrons. The zero-order valence-electron chi connectivity index (χ0n) is 13.5. The number of carbonyl (C=O) groups is 1. The molecule has 0 fully saturated rings. The number of hydrogen-bond acceptors (Lipinski definition) is 7. The molecule has 1 aromatic carbocycles. The Balaban J connectivity index is 2.04. The number of rotatable bonds is 7. The molecule has 122 valence electrons. The molecule has 0 spiro atoms. The number of ether oxygens (including phenoxy) is 1. The van der Waals surface area contributed by atoms with E-state index in [1.165, 1.54) is 13.3 Å². The Morgan fingerprint density at radius 3 is 2.91 bits per heavy atom. The second-order valence-corrected chi connectivity index (χ2v) is 5.47. The zero-order chi connectivity index (χ0) is 16.7. The molecule has 0 aliphatic rings. The van der Waals surface area contributed by atoms with Gasteiger partial charge < -0.3 is 15.4 Å². The summed E-state index contributed by atoms with van der Waals surface area (Å²) in [4.78, 5) is 15.9. The van der Waals surface area contributed by atoms with Crippen LogP contribution >= 0.6 is 0 Å². The van der Waals surface area contributed by atoms with Gasteiger partial charge in [0.1, 0.15) is 0 Å². The van der Waals surface area contributed by atoms with Gasteiger partial charge in [0, 0.05) is 12.2 Å². The molecule has 0 aliphatic carbocycles. The smallest absolute Gasteiger partial charge is 0.337 e. The molecule has 7 nitrogen and oxygen atoms in total. The minimum atomic E-state index is -0.384. The van der Waals surface area contributed by atoms with Gasteiger partial charge in [0.15, 0.2) is 5.82 Å². The summed E-state index contributed by atoms with van der Waals surface area (Å²) in [6.07, 6.45) is 2.56. The number of benzene rings is 1. The van der Waals surface area contributed by atoms with Gasteiger partial charge in [0.05, 0.1) is 18.9 Å². The lowest BCUT2D eigenvalue weighted by Gasteiger charge is -2.09. The average molecular weight is 315 g/mol. The lowest BCUT2D eigenvalue weighted by atomic mass is 10.1. The van der Waals surface area contributed by atoms with Crippen LogP contribution in [0.2, 0.25) is 0 Å². The number of esters is 1. The summed E-state index contributed by atoms with van der Waals surface area (Å²) in [5, 5.41) is 14.1. The maximum absolute atomic E-state index is 11.5. The van der Waals surface area contributed by atoms with E-state index in [0.29, 0.717) is 23.2 Å². The van der Waals surface area contributed by atoms with Crippen molar-refractivity contribution in [1.82, 2.24) is 15.2 Å². The van der Waals surface area contributed by atoms with Crippen molar-refractivity contribution in [1.29, 1.82) is 0 Å². The van der Waals surface area contributed by atoms with Gasteiger partial charge in [-0.15, -0.1) is 5.10 Å². The molecule has 0 saturated carbocycles. The predicted octanol–water partition coefficient (Wildman–Crippen LogP) is 2.86. The van der Waals surface area contributed by atoms with E-state index in [9.17, 15) is 4.79 Å². The van der Waals surface area contributed by atoms with Crippen molar-refractivity contribution < 1.29 is 9.53 Å². The third-order valence-corrected chi connectivity index (χ3v) is 3.12. The van der Waals surface area contributed by atoms with Gasteiger partial charge in [-0.25, -0.2) is 4.79 Å². The number of methoxy groups -OCH3 is 1. The van der Waals surface area contributed by atoms with Crippen LogP contribution in [0, 0.1) is 5.92 Å². The van der Waals surface area contributed by atoms with Gasteiger partial charge in [-0.2, -0.15) is 10.1 Å². The third kappa shape index (κ3) is 5.21. The number of aromatic nitrogens is 3. The summed E-state index contributed by atoms with van der Waals surface area (Å²) in [5.41, 5.74) is 1.19. The van der Waals surface area contributed by atoms with E-state index in [0.717, 1.165) is 18.7 Å². The number of nitrogens with zero attached hydrogens (tertiary/aromatic N) is 3. The highest BCUT2D eigenvalue weighted by molar-refractivity contribution is 5.90. The summed E-state index contributed by atoms with van der Waals surface area (Å²) in [6, 6.07) is 6.99. The number of hydrogen-bond donors (Lipinski definition) is 2. The van der Waals surface area contributed by atoms with Gasteiger partial charge >= 0.3 is 5.97 Å². The molecule has 1 aromatic heterocycles. The Kier molecular flexibility index (Phi) is 5.85. The number of nitrogens with one attached hydrogen (secondary N) is 2. The summed E-state index contributed by atoms with van der Waals surface area (Å²) in [6.45, 7) is 5.11. The molecule has 2 aromatic rings. The molecular weight excluding hydrogens is 294 g/mol. The Morgan fingerprint density at radius 2 is 2.17 bits per heavy atom. The first-order valence-electron chi connectivity index (χ1n) is 7.47. The predicted molar refractivity (Wildman–Crippen MR) is 88.8 cm³/mol. The summed E-state index contributed by atoms with van der Waals surface area (Å²) in [7, 11) is 1.35.